The summed E-state index contributed by atoms with van der Waals surface area (Å²) in [7, 11) is 0. The van der Waals surface area contributed by atoms with Gasteiger partial charge >= 0.3 is 0 Å². The van der Waals surface area contributed by atoms with E-state index in [1.165, 1.54) is 6.07 Å². The van der Waals surface area contributed by atoms with E-state index in [2.05, 4.69) is 15.9 Å². The SMILES string of the molecule is Cc1cccc(C(Br)Cc2ccc(F)c(F)c2)c1F. The van der Waals surface area contributed by atoms with Gasteiger partial charge in [0.15, 0.2) is 11.6 Å². The van der Waals surface area contributed by atoms with Gasteiger partial charge in [-0.2, -0.15) is 0 Å². The molecule has 0 aliphatic carbocycles. The third-order valence-corrected chi connectivity index (χ3v) is 3.78. The first-order valence-corrected chi connectivity index (χ1v) is 6.73. The summed E-state index contributed by atoms with van der Waals surface area (Å²) in [6, 6.07) is 8.86. The van der Waals surface area contributed by atoms with Gasteiger partial charge in [0.1, 0.15) is 5.82 Å². The van der Waals surface area contributed by atoms with Crippen molar-refractivity contribution in [3.05, 3.63) is 70.5 Å². The van der Waals surface area contributed by atoms with Crippen molar-refractivity contribution in [2.75, 3.05) is 0 Å². The first-order chi connectivity index (χ1) is 8.99. The highest BCUT2D eigenvalue weighted by atomic mass is 79.9. The van der Waals surface area contributed by atoms with Gasteiger partial charge in [-0.15, -0.1) is 0 Å². The Kier molecular flexibility index (Phi) is 4.30. The fourth-order valence-corrected chi connectivity index (χ4v) is 2.62. The molecule has 1 unspecified atom stereocenters. The fourth-order valence-electron chi connectivity index (χ4n) is 1.90. The molecule has 2 aromatic carbocycles. The van der Waals surface area contributed by atoms with Gasteiger partial charge in [-0.05, 0) is 36.6 Å². The van der Waals surface area contributed by atoms with Gasteiger partial charge in [-0.3, -0.25) is 0 Å². The lowest BCUT2D eigenvalue weighted by atomic mass is 10.0. The van der Waals surface area contributed by atoms with Crippen molar-refractivity contribution in [3.63, 3.8) is 0 Å². The number of rotatable bonds is 3. The zero-order valence-electron chi connectivity index (χ0n) is 10.3. The smallest absolute Gasteiger partial charge is 0.159 e. The lowest BCUT2D eigenvalue weighted by molar-refractivity contribution is 0.507. The molecule has 0 heterocycles. The molecule has 0 fully saturated rings. The molecule has 100 valence electrons. The summed E-state index contributed by atoms with van der Waals surface area (Å²) in [5.41, 5.74) is 1.69. The maximum atomic E-state index is 13.9. The molecule has 0 aliphatic heterocycles. The Labute approximate surface area is 118 Å². The standard InChI is InChI=1S/C15H12BrF3/c1-9-3-2-4-11(15(9)19)12(16)7-10-5-6-13(17)14(18)8-10/h2-6,8,12H,7H2,1H3. The molecule has 0 amide bonds. The minimum Gasteiger partial charge on any atom is -0.206 e. The Morgan fingerprint density at radius 1 is 1.05 bits per heavy atom. The number of alkyl halides is 1. The Morgan fingerprint density at radius 3 is 2.47 bits per heavy atom. The molecule has 4 heteroatoms. The van der Waals surface area contributed by atoms with Crippen LogP contribution in [-0.2, 0) is 6.42 Å². The van der Waals surface area contributed by atoms with E-state index in [0.29, 0.717) is 23.1 Å². The molecular weight excluding hydrogens is 317 g/mol. The van der Waals surface area contributed by atoms with E-state index >= 15 is 0 Å². The van der Waals surface area contributed by atoms with Crippen molar-refractivity contribution in [2.24, 2.45) is 0 Å². The van der Waals surface area contributed by atoms with Crippen molar-refractivity contribution < 1.29 is 13.2 Å². The molecule has 0 nitrogen and oxygen atoms in total. The van der Waals surface area contributed by atoms with E-state index in [0.717, 1.165) is 12.1 Å². The molecule has 0 aromatic heterocycles. The minimum absolute atomic E-state index is 0.271. The molecule has 0 aliphatic rings. The predicted octanol–water partition coefficient (Wildman–Crippen LogP) is 5.09. The molecule has 0 saturated heterocycles. The first-order valence-electron chi connectivity index (χ1n) is 5.82. The van der Waals surface area contributed by atoms with E-state index < -0.39 is 11.6 Å². The summed E-state index contributed by atoms with van der Waals surface area (Å²) in [6.45, 7) is 1.69. The second-order valence-electron chi connectivity index (χ2n) is 4.40. The van der Waals surface area contributed by atoms with Gasteiger partial charge in [-0.1, -0.05) is 40.2 Å². The van der Waals surface area contributed by atoms with Gasteiger partial charge in [0, 0.05) is 10.4 Å². The van der Waals surface area contributed by atoms with Crippen molar-refractivity contribution in [3.8, 4) is 0 Å². The molecule has 1 atom stereocenters. The Balaban J connectivity index is 2.23. The summed E-state index contributed by atoms with van der Waals surface area (Å²) >= 11 is 3.39. The van der Waals surface area contributed by atoms with Gasteiger partial charge in [-0.25, -0.2) is 13.2 Å². The molecular formula is C15H12BrF3. The minimum atomic E-state index is -0.887. The van der Waals surface area contributed by atoms with E-state index in [4.69, 9.17) is 0 Å². The largest absolute Gasteiger partial charge is 0.206 e. The molecule has 0 saturated carbocycles. The number of aryl methyl sites for hydroxylation is 1. The lowest BCUT2D eigenvalue weighted by Crippen LogP contribution is -2.01. The zero-order chi connectivity index (χ0) is 14.0. The van der Waals surface area contributed by atoms with Crippen LogP contribution in [0.2, 0.25) is 0 Å². The third-order valence-electron chi connectivity index (χ3n) is 2.96. The molecule has 0 spiro atoms. The Bertz CT molecular complexity index is 596. The molecule has 2 rings (SSSR count). The molecule has 0 radical (unpaired) electrons. The quantitative estimate of drug-likeness (QED) is 0.688. The van der Waals surface area contributed by atoms with E-state index in [9.17, 15) is 13.2 Å². The van der Waals surface area contributed by atoms with Crippen LogP contribution in [0, 0.1) is 24.4 Å². The van der Waals surface area contributed by atoms with Gasteiger partial charge in [0.05, 0.1) is 0 Å². The highest BCUT2D eigenvalue weighted by Crippen LogP contribution is 2.30. The van der Waals surface area contributed by atoms with Crippen molar-refractivity contribution in [1.29, 1.82) is 0 Å². The monoisotopic (exact) mass is 328 g/mol. The van der Waals surface area contributed by atoms with Crippen LogP contribution in [0.15, 0.2) is 36.4 Å². The molecule has 0 bridgehead atoms. The number of hydrogen-bond donors (Lipinski definition) is 0. The summed E-state index contributed by atoms with van der Waals surface area (Å²) in [5.74, 6) is -2.04. The van der Waals surface area contributed by atoms with Crippen LogP contribution in [0.1, 0.15) is 21.5 Å². The van der Waals surface area contributed by atoms with E-state index in [-0.39, 0.29) is 10.6 Å². The third kappa shape index (κ3) is 3.18. The number of benzene rings is 2. The summed E-state index contributed by atoms with van der Waals surface area (Å²) in [4.78, 5) is -0.280. The maximum Gasteiger partial charge on any atom is 0.159 e. The Hall–Kier alpha value is -1.29. The summed E-state index contributed by atoms with van der Waals surface area (Å²) < 4.78 is 39.9. The van der Waals surface area contributed by atoms with Gasteiger partial charge in [0.2, 0.25) is 0 Å². The number of hydrogen-bond acceptors (Lipinski definition) is 0. The van der Waals surface area contributed by atoms with Crippen molar-refractivity contribution >= 4 is 15.9 Å². The van der Waals surface area contributed by atoms with Crippen LogP contribution in [0.3, 0.4) is 0 Å². The normalized spacial score (nSPS) is 12.5. The summed E-state index contributed by atoms with van der Waals surface area (Å²) in [6.07, 6.45) is 0.386. The van der Waals surface area contributed by atoms with Crippen LogP contribution in [0.5, 0.6) is 0 Å². The number of halogens is 4. The Morgan fingerprint density at radius 2 is 1.79 bits per heavy atom. The van der Waals surface area contributed by atoms with Crippen LogP contribution in [-0.4, -0.2) is 0 Å². The average molecular weight is 329 g/mol. The molecule has 2 aromatic rings. The van der Waals surface area contributed by atoms with E-state index in [1.54, 1.807) is 25.1 Å². The van der Waals surface area contributed by atoms with Crippen LogP contribution < -0.4 is 0 Å². The van der Waals surface area contributed by atoms with Crippen molar-refractivity contribution in [1.82, 2.24) is 0 Å². The van der Waals surface area contributed by atoms with E-state index in [1.807, 2.05) is 0 Å². The fraction of sp³-hybridized carbons (Fsp3) is 0.200. The maximum absolute atomic E-state index is 13.9. The van der Waals surface area contributed by atoms with Crippen LogP contribution >= 0.6 is 15.9 Å². The predicted molar refractivity (Wildman–Crippen MR) is 72.9 cm³/mol. The second-order valence-corrected chi connectivity index (χ2v) is 5.50. The average Bonchev–Trinajstić information content (AvgIpc) is 2.37. The molecule has 0 N–H and O–H groups in total. The van der Waals surface area contributed by atoms with Gasteiger partial charge < -0.3 is 0 Å². The highest BCUT2D eigenvalue weighted by molar-refractivity contribution is 9.09. The van der Waals surface area contributed by atoms with Crippen molar-refractivity contribution in [2.45, 2.75) is 18.2 Å². The topological polar surface area (TPSA) is 0 Å². The second kappa shape index (κ2) is 5.78. The van der Waals surface area contributed by atoms with Crippen LogP contribution in [0.25, 0.3) is 0 Å². The van der Waals surface area contributed by atoms with Gasteiger partial charge in [0.25, 0.3) is 0 Å². The zero-order valence-corrected chi connectivity index (χ0v) is 11.8. The lowest BCUT2D eigenvalue weighted by Gasteiger charge is -2.13. The van der Waals surface area contributed by atoms with Crippen LogP contribution in [0.4, 0.5) is 13.2 Å². The summed E-state index contributed by atoms with van der Waals surface area (Å²) in [5, 5.41) is 0. The highest BCUT2D eigenvalue weighted by Gasteiger charge is 2.15. The first kappa shape index (κ1) is 14.1. The molecule has 19 heavy (non-hydrogen) atoms.